The van der Waals surface area contributed by atoms with E-state index in [0.29, 0.717) is 0 Å². The Balaban J connectivity index is 1.37. The van der Waals surface area contributed by atoms with E-state index >= 15 is 0 Å². The predicted octanol–water partition coefficient (Wildman–Crippen LogP) is 3.23. The molecule has 1 aliphatic carbocycles. The summed E-state index contributed by atoms with van der Waals surface area (Å²) in [4.78, 5) is 38.3. The Labute approximate surface area is 204 Å². The number of alkyl carbamates (subject to hydrolysis) is 1. The minimum absolute atomic E-state index is 0.000914. The molecule has 3 atom stereocenters. The lowest BCUT2D eigenvalue weighted by molar-refractivity contribution is -0.149. The van der Waals surface area contributed by atoms with Gasteiger partial charge in [-0.1, -0.05) is 62.4 Å². The van der Waals surface area contributed by atoms with Crippen LogP contribution in [0.3, 0.4) is 0 Å². The third kappa shape index (κ3) is 5.48. The van der Waals surface area contributed by atoms with E-state index < -0.39 is 30.1 Å². The van der Waals surface area contributed by atoms with Gasteiger partial charge in [-0.15, -0.1) is 0 Å². The van der Waals surface area contributed by atoms with Gasteiger partial charge in [-0.05, 0) is 34.6 Å². The molecule has 0 saturated carbocycles. The Morgan fingerprint density at radius 3 is 2.20 bits per heavy atom. The number of carboxylic acids is 1. The van der Waals surface area contributed by atoms with Crippen LogP contribution in [0.1, 0.15) is 43.7 Å². The quantitative estimate of drug-likeness (QED) is 0.560. The van der Waals surface area contributed by atoms with E-state index in [1.165, 1.54) is 4.90 Å². The number of β-amino-alcohol motifs (C(OH)–C–C–N with tert-alkyl or cyclic N) is 1. The lowest BCUT2D eigenvalue weighted by Crippen LogP contribution is -2.50. The topological polar surface area (TPSA) is 116 Å². The summed E-state index contributed by atoms with van der Waals surface area (Å²) < 4.78 is 5.62. The Morgan fingerprint density at radius 1 is 1.03 bits per heavy atom. The number of carbonyl (C=O) groups is 3. The molecule has 2 unspecified atom stereocenters. The lowest BCUT2D eigenvalue weighted by atomic mass is 9.94. The summed E-state index contributed by atoms with van der Waals surface area (Å²) in [6, 6.07) is 15.7. The number of hydrogen-bond donors (Lipinski definition) is 3. The smallest absolute Gasteiger partial charge is 0.407 e. The van der Waals surface area contributed by atoms with Crippen LogP contribution < -0.4 is 5.32 Å². The highest BCUT2D eigenvalue weighted by Crippen LogP contribution is 2.44. The molecule has 1 fully saturated rings. The molecule has 35 heavy (non-hydrogen) atoms. The third-order valence-corrected chi connectivity index (χ3v) is 6.98. The highest BCUT2D eigenvalue weighted by Gasteiger charge is 2.34. The van der Waals surface area contributed by atoms with Gasteiger partial charge in [-0.2, -0.15) is 0 Å². The molecule has 186 valence electrons. The molecule has 0 aromatic heterocycles. The number of aliphatic carboxylic acids is 1. The summed E-state index contributed by atoms with van der Waals surface area (Å²) in [5, 5.41) is 22.1. The van der Waals surface area contributed by atoms with Gasteiger partial charge in [0.25, 0.3) is 0 Å². The molecule has 2 aliphatic rings. The highest BCUT2D eigenvalue weighted by atomic mass is 16.5. The predicted molar refractivity (Wildman–Crippen MR) is 130 cm³/mol. The summed E-state index contributed by atoms with van der Waals surface area (Å²) in [6.45, 7) is 4.12. The van der Waals surface area contributed by atoms with Crippen LogP contribution in [-0.4, -0.2) is 64.9 Å². The van der Waals surface area contributed by atoms with Gasteiger partial charge in [-0.25, -0.2) is 4.79 Å². The number of aliphatic hydroxyl groups excluding tert-OH is 1. The van der Waals surface area contributed by atoms with Crippen molar-refractivity contribution in [2.24, 2.45) is 11.8 Å². The van der Waals surface area contributed by atoms with Crippen molar-refractivity contribution >= 4 is 18.0 Å². The van der Waals surface area contributed by atoms with Crippen molar-refractivity contribution < 1.29 is 29.3 Å². The maximum atomic E-state index is 12.9. The second kappa shape index (κ2) is 10.5. The summed E-state index contributed by atoms with van der Waals surface area (Å²) >= 11 is 0. The standard InChI is InChI=1S/C27H32N2O6/c1-16(2)24(12-25(31)29-13-17(26(32)33)11-18(30)14-29)28-27(34)35-15-23-21-9-5-3-7-19(21)20-8-4-6-10-22(20)23/h3-10,16-18,23-24,30H,11-15H2,1-2H3,(H,28,34)(H,32,33)/t17?,18?,24-/m0/s1. The van der Waals surface area contributed by atoms with Gasteiger partial charge >= 0.3 is 12.1 Å². The zero-order chi connectivity index (χ0) is 25.1. The number of rotatable bonds is 7. The first-order valence-corrected chi connectivity index (χ1v) is 12.0. The molecule has 0 spiro atoms. The number of fused-ring (bicyclic) bond motifs is 3. The minimum atomic E-state index is -1.03. The fourth-order valence-corrected chi connectivity index (χ4v) is 5.02. The first kappa shape index (κ1) is 24.7. The van der Waals surface area contributed by atoms with Crippen molar-refractivity contribution in [3.63, 3.8) is 0 Å². The maximum absolute atomic E-state index is 12.9. The molecule has 4 rings (SSSR count). The van der Waals surface area contributed by atoms with E-state index in [1.807, 2.05) is 50.2 Å². The third-order valence-electron chi connectivity index (χ3n) is 6.98. The number of carboxylic acid groups (broad SMARTS) is 1. The Morgan fingerprint density at radius 2 is 1.63 bits per heavy atom. The monoisotopic (exact) mass is 480 g/mol. The number of nitrogens with one attached hydrogen (secondary N) is 1. The zero-order valence-corrected chi connectivity index (χ0v) is 20.0. The van der Waals surface area contributed by atoms with Gasteiger partial charge in [0, 0.05) is 31.5 Å². The van der Waals surface area contributed by atoms with Gasteiger partial charge in [-0.3, -0.25) is 9.59 Å². The van der Waals surface area contributed by atoms with Gasteiger partial charge in [0.05, 0.1) is 12.0 Å². The molecule has 3 N–H and O–H groups in total. The Kier molecular flexibility index (Phi) is 7.40. The molecule has 8 nitrogen and oxygen atoms in total. The van der Waals surface area contributed by atoms with Crippen LogP contribution in [-0.2, 0) is 14.3 Å². The number of nitrogens with zero attached hydrogens (tertiary/aromatic N) is 1. The molecule has 1 saturated heterocycles. The molecule has 0 radical (unpaired) electrons. The van der Waals surface area contributed by atoms with Crippen LogP contribution in [0.15, 0.2) is 48.5 Å². The lowest BCUT2D eigenvalue weighted by Gasteiger charge is -2.35. The summed E-state index contributed by atoms with van der Waals surface area (Å²) in [7, 11) is 0. The van der Waals surface area contributed by atoms with Gasteiger partial charge in [0.2, 0.25) is 5.91 Å². The van der Waals surface area contributed by atoms with Crippen LogP contribution in [0, 0.1) is 11.8 Å². The van der Waals surface area contributed by atoms with E-state index in [9.17, 15) is 24.6 Å². The summed E-state index contributed by atoms with van der Waals surface area (Å²) in [5.41, 5.74) is 4.53. The number of carbonyl (C=O) groups excluding carboxylic acids is 2. The number of ether oxygens (including phenoxy) is 1. The van der Waals surface area contributed by atoms with E-state index in [1.54, 1.807) is 0 Å². The van der Waals surface area contributed by atoms with Crippen molar-refractivity contribution in [3.05, 3.63) is 59.7 Å². The first-order chi connectivity index (χ1) is 16.7. The largest absolute Gasteiger partial charge is 0.481 e. The Hall–Kier alpha value is -3.39. The van der Waals surface area contributed by atoms with Crippen molar-refractivity contribution in [2.75, 3.05) is 19.7 Å². The molecular formula is C27H32N2O6. The second-order valence-corrected chi connectivity index (χ2v) is 9.75. The molecule has 1 heterocycles. The fourth-order valence-electron chi connectivity index (χ4n) is 5.02. The average Bonchev–Trinajstić information content (AvgIpc) is 3.15. The molecule has 0 bridgehead atoms. The van der Waals surface area contributed by atoms with Crippen molar-refractivity contribution in [1.82, 2.24) is 10.2 Å². The molecule has 2 amide bonds. The van der Waals surface area contributed by atoms with Crippen LogP contribution in [0.2, 0.25) is 0 Å². The molecule has 2 aromatic rings. The number of aliphatic hydroxyl groups is 1. The first-order valence-electron chi connectivity index (χ1n) is 12.0. The van der Waals surface area contributed by atoms with Gasteiger partial charge < -0.3 is 25.2 Å². The minimum Gasteiger partial charge on any atom is -0.481 e. The number of piperidine rings is 1. The molecule has 8 heteroatoms. The number of likely N-dealkylation sites (tertiary alicyclic amines) is 1. The SMILES string of the molecule is CC(C)[C@H](CC(=O)N1CC(O)CC(C(=O)O)C1)NC(=O)OCC1c2ccccc2-c2ccccc21. The van der Waals surface area contributed by atoms with Crippen LogP contribution >= 0.6 is 0 Å². The van der Waals surface area contributed by atoms with E-state index in [-0.39, 0.29) is 50.3 Å². The van der Waals surface area contributed by atoms with E-state index in [4.69, 9.17) is 4.74 Å². The number of benzene rings is 2. The Bertz CT molecular complexity index is 1060. The van der Waals surface area contributed by atoms with Crippen molar-refractivity contribution in [3.8, 4) is 11.1 Å². The average molecular weight is 481 g/mol. The van der Waals surface area contributed by atoms with Crippen LogP contribution in [0.25, 0.3) is 11.1 Å². The maximum Gasteiger partial charge on any atom is 0.407 e. The van der Waals surface area contributed by atoms with Gasteiger partial charge in [0.15, 0.2) is 0 Å². The van der Waals surface area contributed by atoms with Crippen LogP contribution in [0.5, 0.6) is 0 Å². The second-order valence-electron chi connectivity index (χ2n) is 9.75. The normalized spacial score (nSPS) is 20.2. The fraction of sp³-hybridized carbons (Fsp3) is 0.444. The molecule has 1 aliphatic heterocycles. The molecular weight excluding hydrogens is 448 g/mol. The number of hydrogen-bond acceptors (Lipinski definition) is 5. The van der Waals surface area contributed by atoms with Crippen LogP contribution in [0.4, 0.5) is 4.79 Å². The van der Waals surface area contributed by atoms with E-state index in [2.05, 4.69) is 17.4 Å². The van der Waals surface area contributed by atoms with Gasteiger partial charge in [0.1, 0.15) is 6.61 Å². The zero-order valence-electron chi connectivity index (χ0n) is 20.0. The highest BCUT2D eigenvalue weighted by molar-refractivity contribution is 5.80. The van der Waals surface area contributed by atoms with Crippen molar-refractivity contribution in [2.45, 2.75) is 44.8 Å². The summed E-state index contributed by atoms with van der Waals surface area (Å²) in [6.07, 6.45) is -1.34. The van der Waals surface area contributed by atoms with E-state index in [0.717, 1.165) is 22.3 Å². The molecule has 2 aromatic carbocycles. The number of amides is 2. The summed E-state index contributed by atoms with van der Waals surface area (Å²) in [5.74, 6) is -2.24. The van der Waals surface area contributed by atoms with Crippen molar-refractivity contribution in [1.29, 1.82) is 0 Å².